The average Bonchev–Trinajstić information content (AvgIpc) is 1.89. The molecule has 0 aromatic heterocycles. The first-order chi connectivity index (χ1) is 4.65. The van der Waals surface area contributed by atoms with E-state index in [0.29, 0.717) is 0 Å². The first kappa shape index (κ1) is 8.02. The second-order valence-corrected chi connectivity index (χ2v) is 3.58. The van der Waals surface area contributed by atoms with E-state index in [1.807, 2.05) is 6.92 Å². The van der Waals surface area contributed by atoms with Gasteiger partial charge >= 0.3 is 0 Å². The number of hydrogen-bond acceptors (Lipinski definition) is 2. The van der Waals surface area contributed by atoms with Crippen LogP contribution in [0.15, 0.2) is 0 Å². The van der Waals surface area contributed by atoms with Crippen molar-refractivity contribution in [1.29, 1.82) is 0 Å². The Morgan fingerprint density at radius 1 is 1.40 bits per heavy atom. The van der Waals surface area contributed by atoms with Crippen LogP contribution >= 0.6 is 0 Å². The fraction of sp³-hybridized carbons (Fsp3) is 1.00. The fourth-order valence-electron chi connectivity index (χ4n) is 1.42. The highest BCUT2D eigenvalue weighted by molar-refractivity contribution is 4.84. The minimum absolute atomic E-state index is 0.158. The van der Waals surface area contributed by atoms with E-state index in [1.54, 1.807) is 0 Å². The van der Waals surface area contributed by atoms with Gasteiger partial charge in [-0.1, -0.05) is 6.92 Å². The summed E-state index contributed by atoms with van der Waals surface area (Å²) in [5.74, 6) is 0. The Kier molecular flexibility index (Phi) is 2.32. The molecule has 1 heterocycles. The average molecular weight is 143 g/mol. The standard InChI is InChI=1S/C8H17NO/c1-7(10)8(2)3-5-9-6-4-8/h7,9-10H,3-6H2,1-2H3. The largest absolute Gasteiger partial charge is 0.393 e. The molecule has 1 unspecified atom stereocenters. The minimum atomic E-state index is -0.158. The minimum Gasteiger partial charge on any atom is -0.393 e. The Balaban J connectivity index is 2.48. The number of rotatable bonds is 1. The summed E-state index contributed by atoms with van der Waals surface area (Å²) in [6, 6.07) is 0. The van der Waals surface area contributed by atoms with Crippen molar-refractivity contribution in [2.75, 3.05) is 13.1 Å². The van der Waals surface area contributed by atoms with Crippen molar-refractivity contribution < 1.29 is 5.11 Å². The lowest BCUT2D eigenvalue weighted by Crippen LogP contribution is -2.41. The summed E-state index contributed by atoms with van der Waals surface area (Å²) in [4.78, 5) is 0. The highest BCUT2D eigenvalue weighted by Gasteiger charge is 2.31. The van der Waals surface area contributed by atoms with Crippen molar-refractivity contribution in [1.82, 2.24) is 5.32 Å². The second-order valence-electron chi connectivity index (χ2n) is 3.58. The normalized spacial score (nSPS) is 27.9. The highest BCUT2D eigenvalue weighted by Crippen LogP contribution is 2.31. The van der Waals surface area contributed by atoms with E-state index in [0.717, 1.165) is 25.9 Å². The molecule has 0 amide bonds. The molecular weight excluding hydrogens is 126 g/mol. The van der Waals surface area contributed by atoms with Crippen LogP contribution in [0.5, 0.6) is 0 Å². The molecule has 1 rings (SSSR count). The number of nitrogens with one attached hydrogen (secondary N) is 1. The first-order valence-corrected chi connectivity index (χ1v) is 4.04. The Morgan fingerprint density at radius 2 is 1.90 bits per heavy atom. The Labute approximate surface area is 62.6 Å². The van der Waals surface area contributed by atoms with E-state index >= 15 is 0 Å². The van der Waals surface area contributed by atoms with E-state index in [9.17, 15) is 5.11 Å². The molecule has 1 atom stereocenters. The maximum absolute atomic E-state index is 9.41. The van der Waals surface area contributed by atoms with Crippen molar-refractivity contribution in [3.63, 3.8) is 0 Å². The van der Waals surface area contributed by atoms with Gasteiger partial charge in [0.25, 0.3) is 0 Å². The van der Waals surface area contributed by atoms with Gasteiger partial charge in [-0.2, -0.15) is 0 Å². The molecule has 1 fully saturated rings. The summed E-state index contributed by atoms with van der Waals surface area (Å²) in [6.45, 7) is 6.17. The van der Waals surface area contributed by atoms with Crippen LogP contribution in [0.25, 0.3) is 0 Å². The zero-order valence-corrected chi connectivity index (χ0v) is 6.85. The molecule has 0 aliphatic carbocycles. The number of aliphatic hydroxyl groups is 1. The molecule has 1 aliphatic heterocycles. The van der Waals surface area contributed by atoms with E-state index in [4.69, 9.17) is 0 Å². The molecular formula is C8H17NO. The van der Waals surface area contributed by atoms with Crippen molar-refractivity contribution in [2.24, 2.45) is 5.41 Å². The van der Waals surface area contributed by atoms with Gasteiger partial charge in [0, 0.05) is 0 Å². The highest BCUT2D eigenvalue weighted by atomic mass is 16.3. The molecule has 1 aliphatic rings. The van der Waals surface area contributed by atoms with Crippen molar-refractivity contribution in [3.8, 4) is 0 Å². The smallest absolute Gasteiger partial charge is 0.0566 e. The van der Waals surface area contributed by atoms with E-state index < -0.39 is 0 Å². The Hall–Kier alpha value is -0.0800. The molecule has 2 heteroatoms. The quantitative estimate of drug-likeness (QED) is 0.568. The zero-order valence-electron chi connectivity index (χ0n) is 6.85. The topological polar surface area (TPSA) is 32.3 Å². The second kappa shape index (κ2) is 2.89. The van der Waals surface area contributed by atoms with E-state index in [-0.39, 0.29) is 11.5 Å². The van der Waals surface area contributed by atoms with Crippen LogP contribution in [0, 0.1) is 5.41 Å². The van der Waals surface area contributed by atoms with Gasteiger partial charge in [-0.15, -0.1) is 0 Å². The third-order valence-electron chi connectivity index (χ3n) is 2.75. The molecule has 0 bridgehead atoms. The van der Waals surface area contributed by atoms with E-state index in [1.165, 1.54) is 0 Å². The number of hydrogen-bond donors (Lipinski definition) is 2. The van der Waals surface area contributed by atoms with Gasteiger partial charge in [0.05, 0.1) is 6.10 Å². The Morgan fingerprint density at radius 3 is 2.20 bits per heavy atom. The van der Waals surface area contributed by atoms with E-state index in [2.05, 4.69) is 12.2 Å². The van der Waals surface area contributed by atoms with Crippen molar-refractivity contribution in [3.05, 3.63) is 0 Å². The predicted octanol–water partition coefficient (Wildman–Crippen LogP) is 0.757. The van der Waals surface area contributed by atoms with Gasteiger partial charge in [-0.3, -0.25) is 0 Å². The molecule has 0 aromatic carbocycles. The van der Waals surface area contributed by atoms with Gasteiger partial charge in [-0.05, 0) is 38.3 Å². The molecule has 0 saturated carbocycles. The molecule has 60 valence electrons. The Bertz CT molecular complexity index is 106. The molecule has 0 radical (unpaired) electrons. The van der Waals surface area contributed by atoms with Crippen molar-refractivity contribution >= 4 is 0 Å². The summed E-state index contributed by atoms with van der Waals surface area (Å²) >= 11 is 0. The summed E-state index contributed by atoms with van der Waals surface area (Å²) in [5.41, 5.74) is 0.172. The summed E-state index contributed by atoms with van der Waals surface area (Å²) in [6.07, 6.45) is 2.05. The predicted molar refractivity (Wildman–Crippen MR) is 41.9 cm³/mol. The summed E-state index contributed by atoms with van der Waals surface area (Å²) in [7, 11) is 0. The SMILES string of the molecule is CC(O)C1(C)CCNCC1. The maximum Gasteiger partial charge on any atom is 0.0566 e. The lowest BCUT2D eigenvalue weighted by molar-refractivity contribution is 0.0287. The molecule has 2 nitrogen and oxygen atoms in total. The van der Waals surface area contributed by atoms with Crippen LogP contribution in [-0.2, 0) is 0 Å². The van der Waals surface area contributed by atoms with Gasteiger partial charge < -0.3 is 10.4 Å². The third kappa shape index (κ3) is 1.50. The van der Waals surface area contributed by atoms with Crippen LogP contribution < -0.4 is 5.32 Å². The van der Waals surface area contributed by atoms with Crippen molar-refractivity contribution in [2.45, 2.75) is 32.8 Å². The lowest BCUT2D eigenvalue weighted by atomic mass is 9.77. The lowest BCUT2D eigenvalue weighted by Gasteiger charge is -2.36. The van der Waals surface area contributed by atoms with Gasteiger partial charge in [0.2, 0.25) is 0 Å². The van der Waals surface area contributed by atoms with Crippen LogP contribution in [0.3, 0.4) is 0 Å². The molecule has 0 spiro atoms. The number of piperidine rings is 1. The first-order valence-electron chi connectivity index (χ1n) is 4.04. The van der Waals surface area contributed by atoms with Gasteiger partial charge in [-0.25, -0.2) is 0 Å². The van der Waals surface area contributed by atoms with Crippen LogP contribution in [0.2, 0.25) is 0 Å². The monoisotopic (exact) mass is 143 g/mol. The number of aliphatic hydroxyl groups excluding tert-OH is 1. The van der Waals surface area contributed by atoms with Crippen LogP contribution in [-0.4, -0.2) is 24.3 Å². The molecule has 10 heavy (non-hydrogen) atoms. The maximum atomic E-state index is 9.41. The molecule has 0 aromatic rings. The fourth-order valence-corrected chi connectivity index (χ4v) is 1.42. The zero-order chi connectivity index (χ0) is 7.61. The summed E-state index contributed by atoms with van der Waals surface area (Å²) in [5, 5.41) is 12.7. The summed E-state index contributed by atoms with van der Waals surface area (Å²) < 4.78 is 0. The van der Waals surface area contributed by atoms with Crippen LogP contribution in [0.4, 0.5) is 0 Å². The third-order valence-corrected chi connectivity index (χ3v) is 2.75. The van der Waals surface area contributed by atoms with Crippen LogP contribution in [0.1, 0.15) is 26.7 Å². The van der Waals surface area contributed by atoms with Gasteiger partial charge in [0.15, 0.2) is 0 Å². The molecule has 1 saturated heterocycles. The van der Waals surface area contributed by atoms with Gasteiger partial charge in [0.1, 0.15) is 0 Å². The molecule has 2 N–H and O–H groups in total.